The van der Waals surface area contributed by atoms with Crippen molar-refractivity contribution in [3.63, 3.8) is 0 Å². The molecular weight excluding hydrogens is 218 g/mol. The summed E-state index contributed by atoms with van der Waals surface area (Å²) in [5.41, 5.74) is 0.869. The average Bonchev–Trinajstić information content (AvgIpc) is 2.69. The summed E-state index contributed by atoms with van der Waals surface area (Å²) in [6.07, 6.45) is 0.0989. The number of aromatic nitrogens is 2. The first-order valence-electron chi connectivity index (χ1n) is 5.56. The van der Waals surface area contributed by atoms with Crippen LogP contribution in [0.5, 0.6) is 0 Å². The minimum Gasteiger partial charge on any atom is -0.389 e. The zero-order chi connectivity index (χ0) is 11.8. The number of anilines is 1. The average molecular weight is 231 g/mol. The van der Waals surface area contributed by atoms with Crippen LogP contribution in [0.4, 0.5) is 5.82 Å². The molecule has 1 aliphatic heterocycles. The summed E-state index contributed by atoms with van der Waals surface area (Å²) in [6.45, 7) is 0.810. The van der Waals surface area contributed by atoms with Crippen LogP contribution in [-0.2, 0) is 0 Å². The summed E-state index contributed by atoms with van der Waals surface area (Å²) < 4.78 is 0. The summed E-state index contributed by atoms with van der Waals surface area (Å²) in [4.78, 5) is 10.3. The van der Waals surface area contributed by atoms with E-state index < -0.39 is 12.2 Å². The van der Waals surface area contributed by atoms with Gasteiger partial charge in [0.15, 0.2) is 0 Å². The molecular formula is C12H13N3O2. The van der Waals surface area contributed by atoms with Crippen molar-refractivity contribution >= 4 is 16.7 Å². The third-order valence-corrected chi connectivity index (χ3v) is 3.08. The molecule has 0 aliphatic carbocycles. The van der Waals surface area contributed by atoms with Gasteiger partial charge in [0.25, 0.3) is 0 Å². The molecule has 2 heterocycles. The van der Waals surface area contributed by atoms with Gasteiger partial charge in [-0.2, -0.15) is 0 Å². The Hall–Kier alpha value is -1.72. The Labute approximate surface area is 98.4 Å². The third-order valence-electron chi connectivity index (χ3n) is 3.08. The molecule has 17 heavy (non-hydrogen) atoms. The number of rotatable bonds is 1. The Morgan fingerprint density at radius 2 is 1.76 bits per heavy atom. The maximum atomic E-state index is 9.57. The van der Waals surface area contributed by atoms with E-state index in [1.807, 2.05) is 29.2 Å². The molecule has 1 fully saturated rings. The van der Waals surface area contributed by atoms with Crippen LogP contribution >= 0.6 is 0 Å². The van der Waals surface area contributed by atoms with Gasteiger partial charge < -0.3 is 15.1 Å². The van der Waals surface area contributed by atoms with Crippen molar-refractivity contribution in [2.24, 2.45) is 0 Å². The molecule has 0 spiro atoms. The van der Waals surface area contributed by atoms with E-state index in [0.717, 1.165) is 16.7 Å². The molecule has 1 aromatic heterocycles. The fourth-order valence-electron chi connectivity index (χ4n) is 2.19. The molecule has 1 aromatic carbocycles. The highest BCUT2D eigenvalue weighted by atomic mass is 16.3. The lowest BCUT2D eigenvalue weighted by Gasteiger charge is -2.17. The van der Waals surface area contributed by atoms with Crippen molar-refractivity contribution in [2.75, 3.05) is 18.0 Å². The molecule has 2 atom stereocenters. The highest BCUT2D eigenvalue weighted by Gasteiger charge is 2.31. The van der Waals surface area contributed by atoms with Crippen LogP contribution in [-0.4, -0.2) is 45.5 Å². The van der Waals surface area contributed by atoms with Crippen molar-refractivity contribution in [3.05, 3.63) is 30.6 Å². The molecule has 0 radical (unpaired) electrons. The number of hydrogen-bond donors (Lipinski definition) is 2. The van der Waals surface area contributed by atoms with Crippen LogP contribution in [0.2, 0.25) is 0 Å². The summed E-state index contributed by atoms with van der Waals surface area (Å²) in [6, 6.07) is 7.72. The Bertz CT molecular complexity index is 531. The minimum atomic E-state index is -0.705. The number of β-amino-alcohol motifs (C(OH)–C–C–N with tert-alkyl or cyclic N) is 2. The number of aliphatic hydroxyl groups excluding tert-OH is 2. The molecule has 2 N–H and O–H groups in total. The first kappa shape index (κ1) is 10.4. The predicted octanol–water partition coefficient (Wildman–Crippen LogP) is 0.172. The van der Waals surface area contributed by atoms with Gasteiger partial charge in [0, 0.05) is 18.5 Å². The van der Waals surface area contributed by atoms with E-state index in [1.165, 1.54) is 6.33 Å². The van der Waals surface area contributed by atoms with Crippen molar-refractivity contribution < 1.29 is 10.2 Å². The number of nitrogens with zero attached hydrogens (tertiary/aromatic N) is 3. The van der Waals surface area contributed by atoms with Gasteiger partial charge in [0.05, 0.1) is 17.7 Å². The predicted molar refractivity (Wildman–Crippen MR) is 63.8 cm³/mol. The highest BCUT2D eigenvalue weighted by Crippen LogP contribution is 2.25. The largest absolute Gasteiger partial charge is 0.389 e. The van der Waals surface area contributed by atoms with Gasteiger partial charge in [-0.3, -0.25) is 0 Å². The molecule has 3 rings (SSSR count). The van der Waals surface area contributed by atoms with Crippen LogP contribution in [0.25, 0.3) is 10.9 Å². The Kier molecular flexibility index (Phi) is 2.42. The van der Waals surface area contributed by atoms with E-state index in [2.05, 4.69) is 9.97 Å². The molecule has 0 amide bonds. The molecule has 0 bridgehead atoms. The molecule has 5 heteroatoms. The monoisotopic (exact) mass is 231 g/mol. The maximum absolute atomic E-state index is 9.57. The summed E-state index contributed by atoms with van der Waals surface area (Å²) >= 11 is 0. The molecule has 2 unspecified atom stereocenters. The van der Waals surface area contributed by atoms with Crippen molar-refractivity contribution in [2.45, 2.75) is 12.2 Å². The van der Waals surface area contributed by atoms with Gasteiger partial charge in [-0.1, -0.05) is 12.1 Å². The van der Waals surface area contributed by atoms with Crippen LogP contribution in [0.1, 0.15) is 0 Å². The zero-order valence-corrected chi connectivity index (χ0v) is 9.19. The first-order valence-corrected chi connectivity index (χ1v) is 5.56. The number of aliphatic hydroxyl groups is 2. The van der Waals surface area contributed by atoms with Crippen LogP contribution in [0.3, 0.4) is 0 Å². The SMILES string of the molecule is OC1CN(c2ncnc3ccccc23)CC1O. The lowest BCUT2D eigenvalue weighted by molar-refractivity contribution is 0.0572. The second-order valence-electron chi connectivity index (χ2n) is 4.25. The Morgan fingerprint density at radius 1 is 1.06 bits per heavy atom. The highest BCUT2D eigenvalue weighted by molar-refractivity contribution is 5.89. The Balaban J connectivity index is 2.06. The van der Waals surface area contributed by atoms with Crippen LogP contribution < -0.4 is 4.90 Å². The molecule has 88 valence electrons. The molecule has 0 saturated carbocycles. The fourth-order valence-corrected chi connectivity index (χ4v) is 2.19. The van der Waals surface area contributed by atoms with Crippen LogP contribution in [0, 0.1) is 0 Å². The van der Waals surface area contributed by atoms with Gasteiger partial charge in [-0.05, 0) is 12.1 Å². The van der Waals surface area contributed by atoms with E-state index >= 15 is 0 Å². The summed E-state index contributed by atoms with van der Waals surface area (Å²) in [5, 5.41) is 20.1. The zero-order valence-electron chi connectivity index (χ0n) is 9.19. The molecule has 2 aromatic rings. The lowest BCUT2D eigenvalue weighted by Crippen LogP contribution is -2.22. The molecule has 1 aliphatic rings. The van der Waals surface area contributed by atoms with E-state index in [-0.39, 0.29) is 0 Å². The van der Waals surface area contributed by atoms with Gasteiger partial charge >= 0.3 is 0 Å². The molecule has 1 saturated heterocycles. The topological polar surface area (TPSA) is 69.5 Å². The first-order chi connectivity index (χ1) is 8.25. The van der Waals surface area contributed by atoms with Crippen molar-refractivity contribution in [1.82, 2.24) is 9.97 Å². The summed E-state index contributed by atoms with van der Waals surface area (Å²) in [5.74, 6) is 0.770. The van der Waals surface area contributed by atoms with Gasteiger partial charge in [0.1, 0.15) is 12.1 Å². The maximum Gasteiger partial charge on any atom is 0.140 e. The van der Waals surface area contributed by atoms with E-state index in [4.69, 9.17) is 0 Å². The minimum absolute atomic E-state index is 0.405. The quantitative estimate of drug-likeness (QED) is 0.732. The molecule has 5 nitrogen and oxygen atoms in total. The van der Waals surface area contributed by atoms with Crippen LogP contribution in [0.15, 0.2) is 30.6 Å². The summed E-state index contributed by atoms with van der Waals surface area (Å²) in [7, 11) is 0. The number of fused-ring (bicyclic) bond motifs is 1. The normalized spacial score (nSPS) is 24.5. The van der Waals surface area contributed by atoms with E-state index in [0.29, 0.717) is 13.1 Å². The lowest BCUT2D eigenvalue weighted by atomic mass is 10.2. The Morgan fingerprint density at radius 3 is 2.53 bits per heavy atom. The van der Waals surface area contributed by atoms with Crippen molar-refractivity contribution in [1.29, 1.82) is 0 Å². The number of hydrogen-bond acceptors (Lipinski definition) is 5. The van der Waals surface area contributed by atoms with E-state index in [1.54, 1.807) is 0 Å². The third kappa shape index (κ3) is 1.73. The van der Waals surface area contributed by atoms with Gasteiger partial charge in [-0.25, -0.2) is 9.97 Å². The van der Waals surface area contributed by atoms with Crippen molar-refractivity contribution in [3.8, 4) is 0 Å². The second-order valence-corrected chi connectivity index (χ2v) is 4.25. The second kappa shape index (κ2) is 3.94. The van der Waals surface area contributed by atoms with E-state index in [9.17, 15) is 10.2 Å². The number of para-hydroxylation sites is 1. The smallest absolute Gasteiger partial charge is 0.140 e. The van der Waals surface area contributed by atoms with Gasteiger partial charge in [0.2, 0.25) is 0 Å². The van der Waals surface area contributed by atoms with Gasteiger partial charge in [-0.15, -0.1) is 0 Å². The fraction of sp³-hybridized carbons (Fsp3) is 0.333. The number of benzene rings is 1. The standard InChI is InChI=1S/C12H13N3O2/c16-10-5-15(6-11(10)17)12-8-3-1-2-4-9(8)13-7-14-12/h1-4,7,10-11,16-17H,5-6H2.